The van der Waals surface area contributed by atoms with Crippen molar-refractivity contribution in [1.82, 2.24) is 4.98 Å². The van der Waals surface area contributed by atoms with Gasteiger partial charge in [-0.3, -0.25) is 11.7 Å². The van der Waals surface area contributed by atoms with Gasteiger partial charge in [-0.15, -0.1) is 0 Å². The number of carbonyl (C=O) groups is 2. The third-order valence-electron chi connectivity index (χ3n) is 2.05. The molecular formula is C12H10F6N2O4Y-2. The molecule has 25 heavy (non-hydrogen) atoms. The summed E-state index contributed by atoms with van der Waals surface area (Å²) in [6.45, 7) is 5.32. The van der Waals surface area contributed by atoms with Crippen LogP contribution in [-0.2, 0) is 54.7 Å². The van der Waals surface area contributed by atoms with Gasteiger partial charge < -0.3 is 26.9 Å². The molecule has 1 heterocycles. The number of alkyl halides is 6. The predicted octanol–water partition coefficient (Wildman–Crippen LogP) is 2.80. The fraction of sp³-hybridized carbons (Fsp3) is 0.250. The minimum atomic E-state index is -5.14. The molecule has 6 nitrogen and oxygen atoms in total. The molecule has 1 aromatic rings. The van der Waals surface area contributed by atoms with E-state index in [1.807, 2.05) is 0 Å². The number of nitrogens with zero attached hydrogens (tertiary/aromatic N) is 1. The number of amides is 1. The molecule has 2 N–H and O–H groups in total. The average molecular weight is 449 g/mol. The zero-order valence-corrected chi connectivity index (χ0v) is 15.3. The van der Waals surface area contributed by atoms with Crippen molar-refractivity contribution in [3.8, 4) is 5.88 Å². The third kappa shape index (κ3) is 8.82. The Bertz CT molecular complexity index is 615. The summed E-state index contributed by atoms with van der Waals surface area (Å²) in [4.78, 5) is 22.6. The van der Waals surface area contributed by atoms with Crippen LogP contribution in [0.5, 0.6) is 5.88 Å². The molecule has 0 aliphatic carbocycles. The Morgan fingerprint density at radius 3 is 1.80 bits per heavy atom. The van der Waals surface area contributed by atoms with Gasteiger partial charge in [0.1, 0.15) is 11.4 Å². The molecule has 13 heteroatoms. The van der Waals surface area contributed by atoms with Crippen LogP contribution in [-0.4, -0.2) is 29.1 Å². The molecule has 0 fully saturated rings. The number of aromatic nitrogens is 1. The monoisotopic (exact) mass is 449 g/mol. The van der Waals surface area contributed by atoms with Gasteiger partial charge in [-0.05, 0) is 6.07 Å². The molecule has 1 aromatic heterocycles. The minimum absolute atomic E-state index is 0. The first-order valence-corrected chi connectivity index (χ1v) is 5.61. The summed E-state index contributed by atoms with van der Waals surface area (Å²) in [7, 11) is 0.806. The molecule has 0 atom stereocenters. The van der Waals surface area contributed by atoms with Crippen LogP contribution in [0.25, 0.3) is 0 Å². The Morgan fingerprint density at radius 1 is 1.12 bits per heavy atom. The molecule has 0 bridgehead atoms. The average Bonchev–Trinajstić information content (AvgIpc) is 2.33. The topological polar surface area (TPSA) is 88.5 Å². The third-order valence-corrected chi connectivity index (χ3v) is 2.05. The Labute approximate surface area is 162 Å². The number of hydrogen-bond acceptors (Lipinski definition) is 4. The van der Waals surface area contributed by atoms with Crippen molar-refractivity contribution < 1.29 is 78.5 Å². The van der Waals surface area contributed by atoms with Crippen molar-refractivity contribution in [2.75, 3.05) is 12.4 Å². The number of ether oxygens (including phenoxy) is 1. The van der Waals surface area contributed by atoms with Gasteiger partial charge >= 0.3 is 12.4 Å². The van der Waals surface area contributed by atoms with E-state index >= 15 is 0 Å². The van der Waals surface area contributed by atoms with Gasteiger partial charge in [-0.1, -0.05) is 0 Å². The zero-order valence-electron chi connectivity index (χ0n) is 12.5. The zero-order chi connectivity index (χ0) is 19.3. The number of carboxylic acids is 1. The van der Waals surface area contributed by atoms with Gasteiger partial charge in [0.25, 0.3) is 0 Å². The van der Waals surface area contributed by atoms with Crippen LogP contribution in [0.4, 0.5) is 32.2 Å². The Kier molecular flexibility index (Phi) is 9.92. The summed E-state index contributed by atoms with van der Waals surface area (Å²) in [5.41, 5.74) is -3.45. The van der Waals surface area contributed by atoms with Gasteiger partial charge in [0.2, 0.25) is 5.88 Å². The summed E-state index contributed by atoms with van der Waals surface area (Å²) in [5, 5.41) is 8.91. The molecular weight excluding hydrogens is 439 g/mol. The first-order valence-electron chi connectivity index (χ1n) is 5.61. The van der Waals surface area contributed by atoms with Crippen molar-refractivity contribution >= 4 is 17.7 Å². The summed E-state index contributed by atoms with van der Waals surface area (Å²) >= 11 is 0. The van der Waals surface area contributed by atoms with Crippen molar-refractivity contribution in [1.29, 1.82) is 0 Å². The van der Waals surface area contributed by atoms with Crippen LogP contribution in [0, 0.1) is 13.8 Å². The second kappa shape index (κ2) is 9.71. The molecule has 139 valence electrons. The molecule has 0 spiro atoms. The van der Waals surface area contributed by atoms with E-state index in [1.54, 1.807) is 5.32 Å². The van der Waals surface area contributed by atoms with Gasteiger partial charge in [0.15, 0.2) is 5.97 Å². The molecule has 0 saturated carbocycles. The maximum absolute atomic E-state index is 12.7. The number of pyridine rings is 1. The first-order chi connectivity index (χ1) is 10.7. The van der Waals surface area contributed by atoms with Gasteiger partial charge in [0, 0.05) is 32.7 Å². The van der Waals surface area contributed by atoms with Crippen LogP contribution in [0.15, 0.2) is 6.07 Å². The molecule has 0 aliphatic rings. The fourth-order valence-electron chi connectivity index (χ4n) is 1.30. The summed E-state index contributed by atoms with van der Waals surface area (Å²) in [6, 6.07) is -0.183. The van der Waals surface area contributed by atoms with E-state index in [4.69, 9.17) is 9.90 Å². The number of carboxylic acid groups (broad SMARTS) is 1. The first kappa shape index (κ1) is 25.6. The summed E-state index contributed by atoms with van der Waals surface area (Å²) in [6.07, 6.45) is -10.2. The number of aliphatic carboxylic acids is 1. The van der Waals surface area contributed by atoms with Crippen LogP contribution < -0.4 is 10.1 Å². The summed E-state index contributed by atoms with van der Waals surface area (Å²) < 4.78 is 80.2. The van der Waals surface area contributed by atoms with Crippen LogP contribution in [0.2, 0.25) is 0 Å². The normalized spacial score (nSPS) is 10.7. The molecule has 1 radical (unpaired) electrons. The maximum atomic E-state index is 12.7. The molecule has 1 rings (SSSR count). The van der Waals surface area contributed by atoms with E-state index in [0.29, 0.717) is 0 Å². The van der Waals surface area contributed by atoms with E-state index < -0.39 is 47.1 Å². The number of rotatable bonds is 2. The fourth-order valence-corrected chi connectivity index (χ4v) is 1.30. The smallest absolute Gasteiger partial charge is 0.421 e. The second-order valence-corrected chi connectivity index (χ2v) is 3.88. The number of halogens is 6. The molecule has 0 saturated heterocycles. The largest absolute Gasteiger partial charge is 0.503 e. The number of hydrogen-bond donors (Lipinski definition) is 2. The minimum Gasteiger partial charge on any atom is -0.503 e. The number of methoxy groups -OCH3 is 1. The van der Waals surface area contributed by atoms with E-state index in [9.17, 15) is 31.1 Å². The maximum Gasteiger partial charge on any atom is 0.421 e. The van der Waals surface area contributed by atoms with Gasteiger partial charge in [-0.25, -0.2) is 0 Å². The SMILES string of the molecule is [CH2-]C(=O)Nc1nc(OC)c(C(F)(F)F)cc1C(F)(F)F.[CH2-]C(=O)O.[Y]. The predicted molar refractivity (Wildman–Crippen MR) is 67.8 cm³/mol. The van der Waals surface area contributed by atoms with E-state index in [1.165, 1.54) is 0 Å². The molecule has 0 unspecified atom stereocenters. The standard InChI is InChI=1S/C10H7F6N2O2.C2H3O2.Y/c1-4(19)17-7-5(9(11,12)13)3-6(10(14,15)16)8(18-7)20-2;1-2(3)4;/h3H,1H2,2H3,(H,17,18,19);1H2,(H,3,4);/q2*-1;. The quantitative estimate of drug-likeness (QED) is 0.536. The number of nitrogens with one attached hydrogen (secondary N) is 1. The summed E-state index contributed by atoms with van der Waals surface area (Å²) in [5.74, 6) is -4.44. The Balaban J connectivity index is 0. The van der Waals surface area contributed by atoms with Gasteiger partial charge in [-0.2, -0.15) is 31.3 Å². The van der Waals surface area contributed by atoms with Gasteiger partial charge in [0.05, 0.1) is 18.6 Å². The van der Waals surface area contributed by atoms with Crippen molar-refractivity contribution in [2.45, 2.75) is 12.4 Å². The Morgan fingerprint density at radius 2 is 1.52 bits per heavy atom. The van der Waals surface area contributed by atoms with Crippen LogP contribution in [0.1, 0.15) is 11.1 Å². The second-order valence-electron chi connectivity index (χ2n) is 3.88. The Hall–Kier alpha value is -1.69. The molecule has 1 amide bonds. The number of carbonyl (C=O) groups excluding carboxylic acids is 1. The molecule has 0 aliphatic heterocycles. The van der Waals surface area contributed by atoms with Crippen molar-refractivity contribution in [3.63, 3.8) is 0 Å². The van der Waals surface area contributed by atoms with Crippen LogP contribution in [0.3, 0.4) is 0 Å². The van der Waals surface area contributed by atoms with Crippen LogP contribution >= 0.6 is 0 Å². The number of anilines is 1. The molecule has 0 aromatic carbocycles. The van der Waals surface area contributed by atoms with Crippen molar-refractivity contribution in [2.24, 2.45) is 0 Å². The van der Waals surface area contributed by atoms with E-state index in [0.717, 1.165) is 7.11 Å². The van der Waals surface area contributed by atoms with E-state index in [2.05, 4.69) is 23.6 Å². The van der Waals surface area contributed by atoms with Crippen molar-refractivity contribution in [3.05, 3.63) is 31.0 Å². The van der Waals surface area contributed by atoms with E-state index in [-0.39, 0.29) is 38.8 Å².